The van der Waals surface area contributed by atoms with Crippen LogP contribution < -0.4 is 0 Å². The first-order chi connectivity index (χ1) is 8.05. The predicted octanol–water partition coefficient (Wildman–Crippen LogP) is 3.56. The molecular weight excluding hydrogens is 362 g/mol. The zero-order valence-corrected chi connectivity index (χ0v) is 18.2. The molecule has 1 rings (SSSR count). The molecule has 0 aromatic rings. The van der Waals surface area contributed by atoms with Crippen molar-refractivity contribution in [2.24, 2.45) is 0 Å². The van der Waals surface area contributed by atoms with Crippen LogP contribution in [-0.4, -0.2) is 56.6 Å². The van der Waals surface area contributed by atoms with Crippen molar-refractivity contribution in [3.8, 4) is 0 Å². The molecule has 0 spiro atoms. The Hall–Kier alpha value is 0.786. The SMILES string of the molecule is C[N-]C.C[N-]C.C[N-]C.[CH3][GeH]([CH3])[C]1=[C-]CC=C1.[Zr+4]. The normalized spacial score (nSPS) is 10.8. The van der Waals surface area contributed by atoms with Crippen LogP contribution in [-0.2, 0) is 26.2 Å². The Morgan fingerprint density at radius 1 is 0.944 bits per heavy atom. The summed E-state index contributed by atoms with van der Waals surface area (Å²) >= 11 is -0.912. The molecule has 0 bridgehead atoms. The van der Waals surface area contributed by atoms with Gasteiger partial charge in [0.25, 0.3) is 0 Å². The second kappa shape index (κ2) is 26.4. The van der Waals surface area contributed by atoms with Gasteiger partial charge < -0.3 is 16.0 Å². The van der Waals surface area contributed by atoms with Crippen molar-refractivity contribution >= 4 is 14.3 Å². The molecule has 0 saturated carbocycles. The standard InChI is InChI=1S/C7H11Ge.3C2H6N.Zr/c1-8(2)7-5-3-4-6-7;3*1-3-2;/h3,5,8H,4H2,1-2H3;3*1-2H3;/q4*-1;+4. The molecule has 3 nitrogen and oxygen atoms in total. The number of hydrogen-bond donors (Lipinski definition) is 0. The van der Waals surface area contributed by atoms with Crippen molar-refractivity contribution in [2.45, 2.75) is 17.9 Å². The summed E-state index contributed by atoms with van der Waals surface area (Å²) in [5, 5.41) is 10.5. The fourth-order valence-electron chi connectivity index (χ4n) is 0.818. The van der Waals surface area contributed by atoms with Gasteiger partial charge in [-0.1, -0.05) is 0 Å². The molecule has 0 aliphatic heterocycles. The maximum atomic E-state index is 3.50. The van der Waals surface area contributed by atoms with Crippen LogP contribution in [0.25, 0.3) is 16.0 Å². The van der Waals surface area contributed by atoms with Gasteiger partial charge in [0.2, 0.25) is 0 Å². The molecule has 0 aromatic heterocycles. The van der Waals surface area contributed by atoms with E-state index in [4.69, 9.17) is 0 Å². The van der Waals surface area contributed by atoms with E-state index in [1.54, 1.807) is 46.7 Å². The molecule has 0 fully saturated rings. The first-order valence-corrected chi connectivity index (χ1v) is 11.8. The summed E-state index contributed by atoms with van der Waals surface area (Å²) in [6.45, 7) is 0. The number of allylic oxidation sites excluding steroid dienone is 4. The summed E-state index contributed by atoms with van der Waals surface area (Å²) in [4.78, 5) is 0. The van der Waals surface area contributed by atoms with E-state index in [0.29, 0.717) is 0 Å². The van der Waals surface area contributed by atoms with E-state index >= 15 is 0 Å². The first kappa shape index (κ1) is 27.2. The Balaban J connectivity index is -0.0000000840. The first-order valence-electron chi connectivity index (χ1n) is 5.76. The summed E-state index contributed by atoms with van der Waals surface area (Å²) in [6.07, 6.45) is 8.85. The van der Waals surface area contributed by atoms with E-state index in [9.17, 15) is 0 Å². The van der Waals surface area contributed by atoms with Crippen LogP contribution in [0.4, 0.5) is 0 Å². The second-order valence-electron chi connectivity index (χ2n) is 3.73. The summed E-state index contributed by atoms with van der Waals surface area (Å²) in [5.41, 5.74) is 0. The minimum atomic E-state index is -0.912. The average molecular weight is 391 g/mol. The largest absolute Gasteiger partial charge is 4.00 e. The number of hydrogen-bond acceptors (Lipinski definition) is 0. The molecule has 0 aromatic carbocycles. The summed E-state index contributed by atoms with van der Waals surface area (Å²) in [7, 11) is 10.5. The molecule has 0 atom stereocenters. The van der Waals surface area contributed by atoms with Crippen LogP contribution in [0.2, 0.25) is 11.5 Å². The summed E-state index contributed by atoms with van der Waals surface area (Å²) in [5.74, 6) is 4.76. The third kappa shape index (κ3) is 30.1. The van der Waals surface area contributed by atoms with Crippen molar-refractivity contribution in [1.29, 1.82) is 0 Å². The minimum Gasteiger partial charge on any atom is 4.00 e. The van der Waals surface area contributed by atoms with Crippen LogP contribution in [0.3, 0.4) is 0 Å². The Bertz CT molecular complexity index is 178. The molecule has 0 amide bonds. The molecule has 18 heavy (non-hydrogen) atoms. The molecule has 1 aliphatic rings. The topological polar surface area (TPSA) is 42.3 Å². The smallest absolute Gasteiger partial charge is 4.00 e. The van der Waals surface area contributed by atoms with Gasteiger partial charge in [-0.05, 0) is 0 Å². The van der Waals surface area contributed by atoms with Crippen LogP contribution in [0, 0.1) is 6.08 Å². The maximum absolute atomic E-state index is 3.50. The Morgan fingerprint density at radius 2 is 1.28 bits per heavy atom. The van der Waals surface area contributed by atoms with E-state index in [-0.39, 0.29) is 26.2 Å². The fourth-order valence-corrected chi connectivity index (χ4v) is 3.02. The van der Waals surface area contributed by atoms with Crippen LogP contribution in [0.1, 0.15) is 6.42 Å². The third-order valence-electron chi connectivity index (χ3n) is 1.34. The molecular formula is C13H29GeN3Zr. The van der Waals surface area contributed by atoms with Crippen LogP contribution in [0.15, 0.2) is 16.6 Å². The monoisotopic (exact) mass is 391 g/mol. The molecule has 0 heterocycles. The van der Waals surface area contributed by atoms with Gasteiger partial charge in [0.05, 0.1) is 0 Å². The third-order valence-corrected chi connectivity index (χ3v) is 4.79. The number of rotatable bonds is 1. The van der Waals surface area contributed by atoms with Gasteiger partial charge in [-0.2, -0.15) is 42.3 Å². The van der Waals surface area contributed by atoms with Gasteiger partial charge in [-0.25, -0.2) is 0 Å². The Kier molecular flexibility index (Phi) is 39.8. The zero-order valence-electron chi connectivity index (χ0n) is 13.3. The molecule has 0 radical (unpaired) electrons. The quantitative estimate of drug-likeness (QED) is 0.485. The van der Waals surface area contributed by atoms with Gasteiger partial charge in [0, 0.05) is 0 Å². The van der Waals surface area contributed by atoms with Crippen LogP contribution in [0.5, 0.6) is 0 Å². The molecule has 0 unspecified atom stereocenters. The van der Waals surface area contributed by atoms with Crippen LogP contribution >= 0.6 is 0 Å². The van der Waals surface area contributed by atoms with Crippen molar-refractivity contribution < 1.29 is 26.2 Å². The summed E-state index contributed by atoms with van der Waals surface area (Å²) < 4.78 is 1.55. The van der Waals surface area contributed by atoms with Gasteiger partial charge in [-0.3, -0.25) is 0 Å². The van der Waals surface area contributed by atoms with Crippen molar-refractivity contribution in [3.63, 3.8) is 0 Å². The summed E-state index contributed by atoms with van der Waals surface area (Å²) in [6, 6.07) is 0. The molecule has 0 saturated heterocycles. The zero-order chi connectivity index (χ0) is 14.1. The van der Waals surface area contributed by atoms with Crippen molar-refractivity contribution in [1.82, 2.24) is 0 Å². The Labute approximate surface area is 138 Å². The average Bonchev–Trinajstić information content (AvgIpc) is 2.73. The second-order valence-corrected chi connectivity index (χ2v) is 9.89. The van der Waals surface area contributed by atoms with Gasteiger partial charge in [0.1, 0.15) is 0 Å². The molecule has 0 N–H and O–H groups in total. The van der Waals surface area contributed by atoms with E-state index in [1.807, 2.05) is 0 Å². The predicted molar refractivity (Wildman–Crippen MR) is 85.0 cm³/mol. The van der Waals surface area contributed by atoms with Gasteiger partial charge in [-0.15, -0.1) is 0 Å². The molecule has 1 aliphatic carbocycles. The molecule has 5 heteroatoms. The van der Waals surface area contributed by atoms with Gasteiger partial charge in [0.15, 0.2) is 0 Å². The number of nitrogens with zero attached hydrogens (tertiary/aromatic N) is 3. The molecule has 104 valence electrons. The van der Waals surface area contributed by atoms with E-state index in [2.05, 4.69) is 45.7 Å². The minimum absolute atomic E-state index is 0. The Morgan fingerprint density at radius 3 is 1.39 bits per heavy atom. The van der Waals surface area contributed by atoms with E-state index in [0.717, 1.165) is 6.42 Å². The van der Waals surface area contributed by atoms with E-state index < -0.39 is 14.3 Å². The van der Waals surface area contributed by atoms with Crippen molar-refractivity contribution in [2.75, 3.05) is 42.3 Å². The fraction of sp³-hybridized carbons (Fsp3) is 0.692. The van der Waals surface area contributed by atoms with E-state index in [1.165, 1.54) is 0 Å². The van der Waals surface area contributed by atoms with Crippen molar-refractivity contribution in [3.05, 3.63) is 38.6 Å². The van der Waals surface area contributed by atoms with Gasteiger partial charge >= 0.3 is 81.1 Å². The maximum Gasteiger partial charge on any atom is 4.00 e.